The van der Waals surface area contributed by atoms with Gasteiger partial charge in [-0.1, -0.05) is 41.9 Å². The minimum atomic E-state index is -0.404. The van der Waals surface area contributed by atoms with Crippen LogP contribution in [0.2, 0.25) is 5.02 Å². The van der Waals surface area contributed by atoms with E-state index in [0.717, 1.165) is 11.1 Å². The molecule has 5 heteroatoms. The summed E-state index contributed by atoms with van der Waals surface area (Å²) in [6.07, 6.45) is 2.21. The van der Waals surface area contributed by atoms with E-state index in [1.54, 1.807) is 24.3 Å². The normalized spacial score (nSPS) is 16.5. The monoisotopic (exact) mass is 338 g/mol. The molecule has 120 valence electrons. The predicted molar refractivity (Wildman–Crippen MR) is 92.5 cm³/mol. The van der Waals surface area contributed by atoms with Crippen molar-refractivity contribution in [2.75, 3.05) is 6.61 Å². The average molecular weight is 339 g/mol. The summed E-state index contributed by atoms with van der Waals surface area (Å²) in [6, 6.07) is 16.3. The van der Waals surface area contributed by atoms with E-state index in [-0.39, 0.29) is 11.6 Å². The molecular formula is C19H15ClN2O2. The first-order valence-electron chi connectivity index (χ1n) is 7.57. The van der Waals surface area contributed by atoms with Gasteiger partial charge in [-0.25, -0.2) is 0 Å². The van der Waals surface area contributed by atoms with E-state index in [1.165, 1.54) is 0 Å². The summed E-state index contributed by atoms with van der Waals surface area (Å²) in [5.41, 5.74) is 1.70. The fourth-order valence-corrected chi connectivity index (χ4v) is 2.80. The predicted octanol–water partition coefficient (Wildman–Crippen LogP) is 3.89. The number of benzene rings is 2. The molecule has 1 unspecified atom stereocenters. The van der Waals surface area contributed by atoms with Crippen molar-refractivity contribution in [3.63, 3.8) is 0 Å². The maximum absolute atomic E-state index is 12.5. The van der Waals surface area contributed by atoms with Crippen LogP contribution in [0.4, 0.5) is 0 Å². The third kappa shape index (κ3) is 3.58. The molecule has 0 fully saturated rings. The summed E-state index contributed by atoms with van der Waals surface area (Å²) in [5, 5.41) is 12.8. The van der Waals surface area contributed by atoms with Gasteiger partial charge in [-0.3, -0.25) is 4.79 Å². The number of fused-ring (bicyclic) bond motifs is 1. The van der Waals surface area contributed by atoms with E-state index in [1.807, 2.05) is 36.4 Å². The topological polar surface area (TPSA) is 62.1 Å². The zero-order chi connectivity index (χ0) is 16.9. The van der Waals surface area contributed by atoms with Crippen molar-refractivity contribution in [1.29, 1.82) is 5.26 Å². The molecule has 1 aliphatic rings. The smallest absolute Gasteiger partial charge is 0.262 e. The highest BCUT2D eigenvalue weighted by Crippen LogP contribution is 2.34. The lowest BCUT2D eigenvalue weighted by Crippen LogP contribution is -2.32. The molecule has 0 aliphatic carbocycles. The van der Waals surface area contributed by atoms with Gasteiger partial charge in [0.2, 0.25) is 0 Å². The largest absolute Gasteiger partial charge is 0.493 e. The van der Waals surface area contributed by atoms with Gasteiger partial charge in [0.25, 0.3) is 5.91 Å². The number of rotatable bonds is 3. The van der Waals surface area contributed by atoms with Crippen LogP contribution in [0.1, 0.15) is 23.6 Å². The van der Waals surface area contributed by atoms with Crippen LogP contribution >= 0.6 is 11.6 Å². The Bertz CT molecular complexity index is 825. The minimum absolute atomic E-state index is 0.0660. The van der Waals surface area contributed by atoms with E-state index in [4.69, 9.17) is 16.3 Å². The van der Waals surface area contributed by atoms with E-state index < -0.39 is 5.91 Å². The van der Waals surface area contributed by atoms with Gasteiger partial charge >= 0.3 is 0 Å². The highest BCUT2D eigenvalue weighted by molar-refractivity contribution is 6.30. The molecule has 1 aliphatic heterocycles. The van der Waals surface area contributed by atoms with E-state index in [2.05, 4.69) is 5.32 Å². The molecule has 1 atom stereocenters. The van der Waals surface area contributed by atoms with Crippen LogP contribution in [0.15, 0.2) is 54.1 Å². The SMILES string of the molecule is N#C/C(=C\c1ccccc1)C(=O)NC1CCOc2ccc(Cl)cc21. The Labute approximate surface area is 145 Å². The number of carbonyl (C=O) groups is 1. The molecule has 0 saturated carbocycles. The first kappa shape index (κ1) is 16.1. The lowest BCUT2D eigenvalue weighted by Gasteiger charge is -2.26. The summed E-state index contributed by atoms with van der Waals surface area (Å²) in [6.45, 7) is 0.504. The number of amides is 1. The van der Waals surface area contributed by atoms with Crippen molar-refractivity contribution >= 4 is 23.6 Å². The van der Waals surface area contributed by atoms with Crippen molar-refractivity contribution in [2.45, 2.75) is 12.5 Å². The fourth-order valence-electron chi connectivity index (χ4n) is 2.62. The number of ether oxygens (including phenoxy) is 1. The zero-order valence-electron chi connectivity index (χ0n) is 12.8. The molecule has 1 amide bonds. The molecule has 3 rings (SSSR count). The van der Waals surface area contributed by atoms with Gasteiger partial charge in [0.1, 0.15) is 17.4 Å². The van der Waals surface area contributed by atoms with Crippen molar-refractivity contribution in [3.05, 3.63) is 70.3 Å². The van der Waals surface area contributed by atoms with E-state index in [9.17, 15) is 10.1 Å². The molecule has 2 aromatic rings. The number of hydrogen-bond acceptors (Lipinski definition) is 3. The number of nitrogens with zero attached hydrogens (tertiary/aromatic N) is 1. The molecule has 2 aromatic carbocycles. The minimum Gasteiger partial charge on any atom is -0.493 e. The highest BCUT2D eigenvalue weighted by atomic mass is 35.5. The maximum atomic E-state index is 12.5. The van der Waals surface area contributed by atoms with Crippen LogP contribution < -0.4 is 10.1 Å². The van der Waals surface area contributed by atoms with Crippen LogP contribution in [0.25, 0.3) is 6.08 Å². The van der Waals surface area contributed by atoms with Crippen molar-refractivity contribution in [2.24, 2.45) is 0 Å². The van der Waals surface area contributed by atoms with Gasteiger partial charge in [-0.2, -0.15) is 5.26 Å². The van der Waals surface area contributed by atoms with Crippen LogP contribution in [0.5, 0.6) is 5.75 Å². The first-order chi connectivity index (χ1) is 11.7. The third-order valence-corrected chi connectivity index (χ3v) is 4.03. The first-order valence-corrected chi connectivity index (χ1v) is 7.95. The second-order valence-corrected chi connectivity index (χ2v) is 5.86. The number of halogens is 1. The lowest BCUT2D eigenvalue weighted by atomic mass is 10.00. The van der Waals surface area contributed by atoms with Crippen LogP contribution in [0, 0.1) is 11.3 Å². The van der Waals surface area contributed by atoms with Gasteiger partial charge in [-0.15, -0.1) is 0 Å². The quantitative estimate of drug-likeness (QED) is 0.682. The Balaban J connectivity index is 1.81. The van der Waals surface area contributed by atoms with E-state index in [0.29, 0.717) is 23.8 Å². The molecule has 0 radical (unpaired) electrons. The fraction of sp³-hybridized carbons (Fsp3) is 0.158. The van der Waals surface area contributed by atoms with Gasteiger partial charge in [0.05, 0.1) is 12.6 Å². The van der Waals surface area contributed by atoms with Crippen LogP contribution in [0.3, 0.4) is 0 Å². The maximum Gasteiger partial charge on any atom is 0.262 e. The number of nitrogens with one attached hydrogen (secondary N) is 1. The summed E-state index contributed by atoms with van der Waals surface area (Å²) >= 11 is 6.04. The Kier molecular flexibility index (Phi) is 4.83. The zero-order valence-corrected chi connectivity index (χ0v) is 13.6. The van der Waals surface area contributed by atoms with Crippen molar-refractivity contribution < 1.29 is 9.53 Å². The van der Waals surface area contributed by atoms with Gasteiger partial charge in [0.15, 0.2) is 0 Å². The van der Waals surface area contributed by atoms with Crippen molar-refractivity contribution in [3.8, 4) is 11.8 Å². The van der Waals surface area contributed by atoms with Gasteiger partial charge < -0.3 is 10.1 Å². The standard InChI is InChI=1S/C19H15ClN2O2/c20-15-6-7-18-16(11-15)17(8-9-24-18)22-19(23)14(12-21)10-13-4-2-1-3-5-13/h1-7,10-11,17H,8-9H2,(H,22,23)/b14-10+. The average Bonchev–Trinajstić information content (AvgIpc) is 2.61. The second-order valence-electron chi connectivity index (χ2n) is 5.43. The molecule has 1 heterocycles. The third-order valence-electron chi connectivity index (χ3n) is 3.79. The summed E-state index contributed by atoms with van der Waals surface area (Å²) in [4.78, 5) is 12.5. The number of hydrogen-bond donors (Lipinski definition) is 1. The molecule has 0 aromatic heterocycles. The van der Waals surface area contributed by atoms with Crippen LogP contribution in [-0.2, 0) is 4.79 Å². The summed E-state index contributed by atoms with van der Waals surface area (Å²) < 4.78 is 5.58. The summed E-state index contributed by atoms with van der Waals surface area (Å²) in [7, 11) is 0. The highest BCUT2D eigenvalue weighted by Gasteiger charge is 2.24. The van der Waals surface area contributed by atoms with E-state index >= 15 is 0 Å². The van der Waals surface area contributed by atoms with Crippen molar-refractivity contribution in [1.82, 2.24) is 5.32 Å². The molecule has 1 N–H and O–H groups in total. The van der Waals surface area contributed by atoms with Crippen LogP contribution in [-0.4, -0.2) is 12.5 Å². The Morgan fingerprint density at radius 2 is 2.08 bits per heavy atom. The molecule has 4 nitrogen and oxygen atoms in total. The molecular weight excluding hydrogens is 324 g/mol. The number of nitriles is 1. The second kappa shape index (κ2) is 7.20. The molecule has 0 bridgehead atoms. The molecule has 0 saturated heterocycles. The summed E-state index contributed by atoms with van der Waals surface area (Å²) in [5.74, 6) is 0.306. The Morgan fingerprint density at radius 3 is 2.83 bits per heavy atom. The molecule has 0 spiro atoms. The lowest BCUT2D eigenvalue weighted by molar-refractivity contribution is -0.117. The molecule has 24 heavy (non-hydrogen) atoms. The Hall–Kier alpha value is -2.77. The Morgan fingerprint density at radius 1 is 1.29 bits per heavy atom. The number of carbonyl (C=O) groups excluding carboxylic acids is 1. The van der Waals surface area contributed by atoms with Gasteiger partial charge in [-0.05, 0) is 29.8 Å². The van der Waals surface area contributed by atoms with Gasteiger partial charge in [0, 0.05) is 17.0 Å².